The van der Waals surface area contributed by atoms with Gasteiger partial charge in [0.1, 0.15) is 11.4 Å². The van der Waals surface area contributed by atoms with E-state index >= 15 is 0 Å². The standard InChI is InChI=1S/C18H23NO/c1-14-5-7-15(8-6-14)16-9-11-17(12-10-16)20-18(2,3)13-19-4/h5-12,19H,13H2,1-4H3. The highest BCUT2D eigenvalue weighted by Gasteiger charge is 2.18. The van der Waals surface area contributed by atoms with Gasteiger partial charge in [0.05, 0.1) is 0 Å². The van der Waals surface area contributed by atoms with Crippen molar-refractivity contribution in [2.45, 2.75) is 26.4 Å². The number of hydrogen-bond donors (Lipinski definition) is 1. The fourth-order valence-electron chi connectivity index (χ4n) is 2.24. The van der Waals surface area contributed by atoms with E-state index in [1.807, 2.05) is 19.2 Å². The average molecular weight is 269 g/mol. The lowest BCUT2D eigenvalue weighted by Gasteiger charge is -2.26. The number of hydrogen-bond acceptors (Lipinski definition) is 2. The lowest BCUT2D eigenvalue weighted by Crippen LogP contribution is -2.38. The molecule has 0 bridgehead atoms. The van der Waals surface area contributed by atoms with Gasteiger partial charge < -0.3 is 10.1 Å². The van der Waals surface area contributed by atoms with Crippen LogP contribution in [0.1, 0.15) is 19.4 Å². The molecule has 106 valence electrons. The molecule has 0 radical (unpaired) electrons. The largest absolute Gasteiger partial charge is 0.487 e. The number of ether oxygens (including phenoxy) is 1. The van der Waals surface area contributed by atoms with Gasteiger partial charge in [0.2, 0.25) is 0 Å². The maximum atomic E-state index is 5.99. The molecule has 0 atom stereocenters. The van der Waals surface area contributed by atoms with E-state index < -0.39 is 0 Å². The Hall–Kier alpha value is -1.80. The molecular weight excluding hydrogens is 246 g/mol. The van der Waals surface area contributed by atoms with E-state index in [9.17, 15) is 0 Å². The van der Waals surface area contributed by atoms with Gasteiger partial charge in [0.25, 0.3) is 0 Å². The SMILES string of the molecule is CNCC(C)(C)Oc1ccc(-c2ccc(C)cc2)cc1. The van der Waals surface area contributed by atoms with Gasteiger partial charge in [-0.2, -0.15) is 0 Å². The van der Waals surface area contributed by atoms with E-state index in [-0.39, 0.29) is 5.60 Å². The van der Waals surface area contributed by atoms with Gasteiger partial charge in [-0.25, -0.2) is 0 Å². The molecule has 0 aliphatic carbocycles. The molecule has 20 heavy (non-hydrogen) atoms. The number of likely N-dealkylation sites (N-methyl/N-ethyl adjacent to an activating group) is 1. The molecule has 2 rings (SSSR count). The van der Waals surface area contributed by atoms with Crippen LogP contribution in [0.2, 0.25) is 0 Å². The van der Waals surface area contributed by atoms with Crippen molar-refractivity contribution in [2.75, 3.05) is 13.6 Å². The van der Waals surface area contributed by atoms with Crippen molar-refractivity contribution in [1.82, 2.24) is 5.32 Å². The van der Waals surface area contributed by atoms with Crippen molar-refractivity contribution in [3.8, 4) is 16.9 Å². The lowest BCUT2D eigenvalue weighted by atomic mass is 10.0. The van der Waals surface area contributed by atoms with Crippen LogP contribution in [-0.4, -0.2) is 19.2 Å². The van der Waals surface area contributed by atoms with Gasteiger partial charge in [-0.05, 0) is 51.1 Å². The zero-order chi connectivity index (χ0) is 14.6. The molecule has 2 heteroatoms. The molecule has 0 amide bonds. The van der Waals surface area contributed by atoms with Crippen LogP contribution in [0.5, 0.6) is 5.75 Å². The molecule has 0 saturated carbocycles. The van der Waals surface area contributed by atoms with E-state index in [1.54, 1.807) is 0 Å². The summed E-state index contributed by atoms with van der Waals surface area (Å²) >= 11 is 0. The van der Waals surface area contributed by atoms with Crippen molar-refractivity contribution in [3.05, 3.63) is 54.1 Å². The number of nitrogens with one attached hydrogen (secondary N) is 1. The van der Waals surface area contributed by atoms with Gasteiger partial charge in [-0.1, -0.05) is 42.0 Å². The highest BCUT2D eigenvalue weighted by molar-refractivity contribution is 5.64. The minimum Gasteiger partial charge on any atom is -0.487 e. The fourth-order valence-corrected chi connectivity index (χ4v) is 2.24. The zero-order valence-corrected chi connectivity index (χ0v) is 12.7. The molecule has 1 N–H and O–H groups in total. The second-order valence-electron chi connectivity index (χ2n) is 5.78. The van der Waals surface area contributed by atoms with Crippen molar-refractivity contribution in [1.29, 1.82) is 0 Å². The Morgan fingerprint density at radius 2 is 1.40 bits per heavy atom. The Balaban J connectivity index is 2.12. The van der Waals surface area contributed by atoms with Crippen LogP contribution < -0.4 is 10.1 Å². The minimum absolute atomic E-state index is 0.208. The molecule has 0 fully saturated rings. The van der Waals surface area contributed by atoms with Crippen LogP contribution in [0.25, 0.3) is 11.1 Å². The summed E-state index contributed by atoms with van der Waals surface area (Å²) in [6.45, 7) is 7.08. The number of aryl methyl sites for hydroxylation is 1. The van der Waals surface area contributed by atoms with Crippen molar-refractivity contribution in [2.24, 2.45) is 0 Å². The fraction of sp³-hybridized carbons (Fsp3) is 0.333. The van der Waals surface area contributed by atoms with Gasteiger partial charge in [0, 0.05) is 6.54 Å². The Labute approximate surface area is 121 Å². The van der Waals surface area contributed by atoms with Gasteiger partial charge >= 0.3 is 0 Å². The Bertz CT molecular complexity index is 541. The predicted molar refractivity (Wildman–Crippen MR) is 85.2 cm³/mol. The van der Waals surface area contributed by atoms with Crippen LogP contribution in [0, 0.1) is 6.92 Å². The second-order valence-corrected chi connectivity index (χ2v) is 5.78. The molecule has 0 aliphatic rings. The van der Waals surface area contributed by atoms with Gasteiger partial charge in [0.15, 0.2) is 0 Å². The van der Waals surface area contributed by atoms with Gasteiger partial charge in [-0.3, -0.25) is 0 Å². The molecule has 0 heterocycles. The minimum atomic E-state index is -0.208. The third-order valence-electron chi connectivity index (χ3n) is 3.24. The summed E-state index contributed by atoms with van der Waals surface area (Å²) in [4.78, 5) is 0. The van der Waals surface area contributed by atoms with Crippen LogP contribution in [0.3, 0.4) is 0 Å². The highest BCUT2D eigenvalue weighted by atomic mass is 16.5. The van der Waals surface area contributed by atoms with E-state index in [0.29, 0.717) is 0 Å². The van der Waals surface area contributed by atoms with Crippen LogP contribution in [0.4, 0.5) is 0 Å². The monoisotopic (exact) mass is 269 g/mol. The summed E-state index contributed by atoms with van der Waals surface area (Å²) in [5.41, 5.74) is 3.52. The Morgan fingerprint density at radius 1 is 0.900 bits per heavy atom. The normalized spacial score (nSPS) is 11.4. The first-order valence-corrected chi connectivity index (χ1v) is 7.01. The molecule has 2 aromatic rings. The van der Waals surface area contributed by atoms with Crippen molar-refractivity contribution < 1.29 is 4.74 Å². The first-order valence-electron chi connectivity index (χ1n) is 7.01. The zero-order valence-electron chi connectivity index (χ0n) is 12.7. The molecule has 0 spiro atoms. The van der Waals surface area contributed by atoms with Crippen LogP contribution in [-0.2, 0) is 0 Å². The molecule has 0 aliphatic heterocycles. The summed E-state index contributed by atoms with van der Waals surface area (Å²) in [5.74, 6) is 0.904. The average Bonchev–Trinajstić information content (AvgIpc) is 2.40. The van der Waals surface area contributed by atoms with Crippen molar-refractivity contribution >= 4 is 0 Å². The van der Waals surface area contributed by atoms with E-state index in [4.69, 9.17) is 4.74 Å². The maximum absolute atomic E-state index is 5.99. The topological polar surface area (TPSA) is 21.3 Å². The third kappa shape index (κ3) is 3.84. The van der Waals surface area contributed by atoms with E-state index in [0.717, 1.165) is 12.3 Å². The molecule has 0 saturated heterocycles. The molecular formula is C18H23NO. The van der Waals surface area contributed by atoms with Crippen LogP contribution in [0.15, 0.2) is 48.5 Å². The molecule has 0 aromatic heterocycles. The maximum Gasteiger partial charge on any atom is 0.120 e. The van der Waals surface area contributed by atoms with Crippen LogP contribution >= 0.6 is 0 Å². The Morgan fingerprint density at radius 3 is 1.90 bits per heavy atom. The molecule has 2 aromatic carbocycles. The second kappa shape index (κ2) is 6.10. The molecule has 2 nitrogen and oxygen atoms in total. The first-order chi connectivity index (χ1) is 9.50. The summed E-state index contributed by atoms with van der Waals surface area (Å²) in [6.07, 6.45) is 0. The van der Waals surface area contributed by atoms with E-state index in [1.165, 1.54) is 16.7 Å². The lowest BCUT2D eigenvalue weighted by molar-refractivity contribution is 0.110. The van der Waals surface area contributed by atoms with E-state index in [2.05, 4.69) is 62.5 Å². The number of rotatable bonds is 5. The van der Waals surface area contributed by atoms with Crippen molar-refractivity contribution in [3.63, 3.8) is 0 Å². The molecule has 0 unspecified atom stereocenters. The summed E-state index contributed by atoms with van der Waals surface area (Å²) in [5, 5.41) is 3.15. The Kier molecular flexibility index (Phi) is 4.46. The highest BCUT2D eigenvalue weighted by Crippen LogP contribution is 2.24. The smallest absolute Gasteiger partial charge is 0.120 e. The third-order valence-corrected chi connectivity index (χ3v) is 3.24. The number of benzene rings is 2. The summed E-state index contributed by atoms with van der Waals surface area (Å²) in [6, 6.07) is 16.8. The summed E-state index contributed by atoms with van der Waals surface area (Å²) in [7, 11) is 1.94. The van der Waals surface area contributed by atoms with Gasteiger partial charge in [-0.15, -0.1) is 0 Å². The quantitative estimate of drug-likeness (QED) is 0.884. The first kappa shape index (κ1) is 14.6. The predicted octanol–water partition coefficient (Wildman–Crippen LogP) is 4.04. The summed E-state index contributed by atoms with van der Waals surface area (Å²) < 4.78 is 5.99.